The quantitative estimate of drug-likeness (QED) is 0.796. The largest absolute Gasteiger partial charge is 0.352 e. The molecule has 6 heteroatoms. The van der Waals surface area contributed by atoms with Crippen LogP contribution in [0.25, 0.3) is 0 Å². The molecule has 0 spiro atoms. The molecule has 2 aliphatic rings. The molecule has 3 rings (SSSR count). The molecule has 2 N–H and O–H groups in total. The van der Waals surface area contributed by atoms with Crippen molar-refractivity contribution in [3.8, 4) is 0 Å². The Labute approximate surface area is 153 Å². The molecule has 1 heterocycles. The van der Waals surface area contributed by atoms with E-state index in [1.54, 1.807) is 24.3 Å². The summed E-state index contributed by atoms with van der Waals surface area (Å²) in [5.74, 6) is -0.576. The molecule has 1 aliphatic carbocycles. The normalized spacial score (nSPS) is 22.2. The van der Waals surface area contributed by atoms with Gasteiger partial charge in [-0.15, -0.1) is 0 Å². The van der Waals surface area contributed by atoms with E-state index in [4.69, 9.17) is 0 Å². The second-order valence-electron chi connectivity index (χ2n) is 7.29. The molecule has 6 nitrogen and oxygen atoms in total. The van der Waals surface area contributed by atoms with Crippen LogP contribution in [0, 0.1) is 17.8 Å². The minimum atomic E-state index is -0.336. The monoisotopic (exact) mass is 355 g/mol. The minimum absolute atomic E-state index is 0.128. The Morgan fingerprint density at radius 3 is 2.69 bits per heavy atom. The predicted molar refractivity (Wildman–Crippen MR) is 99.2 cm³/mol. The van der Waals surface area contributed by atoms with Gasteiger partial charge in [-0.1, -0.05) is 32.1 Å². The summed E-state index contributed by atoms with van der Waals surface area (Å²) in [5.41, 5.74) is 3.66. The van der Waals surface area contributed by atoms with Crippen LogP contribution in [0.5, 0.6) is 0 Å². The molecule has 0 aromatic heterocycles. The number of rotatable bonds is 5. The molecule has 1 aromatic rings. The highest BCUT2D eigenvalue weighted by atomic mass is 16.2. The van der Waals surface area contributed by atoms with E-state index < -0.39 is 0 Å². The number of amides is 3. The number of hydrogen-bond donors (Lipinski definition) is 2. The van der Waals surface area contributed by atoms with E-state index in [0.717, 1.165) is 6.42 Å². The Balaban J connectivity index is 1.75. The molecule has 1 aromatic carbocycles. The highest BCUT2D eigenvalue weighted by molar-refractivity contribution is 6.05. The van der Waals surface area contributed by atoms with Gasteiger partial charge in [-0.25, -0.2) is 5.01 Å². The van der Waals surface area contributed by atoms with Crippen LogP contribution < -0.4 is 15.8 Å². The van der Waals surface area contributed by atoms with Crippen molar-refractivity contribution in [1.82, 2.24) is 10.7 Å². The van der Waals surface area contributed by atoms with Crippen LogP contribution in [-0.2, 0) is 9.59 Å². The second kappa shape index (κ2) is 7.72. The van der Waals surface area contributed by atoms with Gasteiger partial charge in [-0.3, -0.25) is 19.8 Å². The van der Waals surface area contributed by atoms with Crippen LogP contribution in [0.4, 0.5) is 5.69 Å². The first-order valence-corrected chi connectivity index (χ1v) is 9.15. The summed E-state index contributed by atoms with van der Waals surface area (Å²) < 4.78 is 0. The van der Waals surface area contributed by atoms with Gasteiger partial charge in [0, 0.05) is 12.1 Å². The lowest BCUT2D eigenvalue weighted by atomic mass is 9.80. The molecule has 1 saturated heterocycles. The Hall–Kier alpha value is -2.63. The van der Waals surface area contributed by atoms with Crippen molar-refractivity contribution in [2.24, 2.45) is 17.8 Å². The summed E-state index contributed by atoms with van der Waals surface area (Å²) in [6.07, 6.45) is 5.97. The Morgan fingerprint density at radius 2 is 1.96 bits per heavy atom. The fourth-order valence-corrected chi connectivity index (χ4v) is 3.35. The van der Waals surface area contributed by atoms with Crippen LogP contribution in [0.2, 0.25) is 0 Å². The number of carbonyl (C=O) groups is 3. The fourth-order valence-electron chi connectivity index (χ4n) is 3.35. The topological polar surface area (TPSA) is 78.5 Å². The van der Waals surface area contributed by atoms with Crippen LogP contribution in [0.15, 0.2) is 36.4 Å². The summed E-state index contributed by atoms with van der Waals surface area (Å²) in [4.78, 5) is 37.5. The first-order valence-electron chi connectivity index (χ1n) is 9.15. The van der Waals surface area contributed by atoms with E-state index in [-0.39, 0.29) is 29.6 Å². The molecule has 0 saturated carbocycles. The third-order valence-electron chi connectivity index (χ3n) is 4.90. The van der Waals surface area contributed by atoms with Crippen LogP contribution in [0.3, 0.4) is 0 Å². The summed E-state index contributed by atoms with van der Waals surface area (Å²) in [6, 6.07) is 6.79. The zero-order valence-corrected chi connectivity index (χ0v) is 15.2. The number of nitrogens with one attached hydrogen (secondary N) is 2. The predicted octanol–water partition coefficient (Wildman–Crippen LogP) is 2.42. The van der Waals surface area contributed by atoms with Crippen LogP contribution in [0.1, 0.15) is 43.5 Å². The molecule has 0 bridgehead atoms. The summed E-state index contributed by atoms with van der Waals surface area (Å²) in [7, 11) is 0. The maximum Gasteiger partial charge on any atom is 0.251 e. The Kier molecular flexibility index (Phi) is 5.40. The smallest absolute Gasteiger partial charge is 0.251 e. The number of hydrazine groups is 1. The van der Waals surface area contributed by atoms with Crippen molar-refractivity contribution >= 4 is 23.4 Å². The van der Waals surface area contributed by atoms with Gasteiger partial charge in [-0.2, -0.15) is 0 Å². The number of benzene rings is 1. The van der Waals surface area contributed by atoms with Gasteiger partial charge in [0.15, 0.2) is 0 Å². The number of carbonyl (C=O) groups excluding carboxylic acids is 3. The Bertz CT molecular complexity index is 742. The molecule has 2 atom stereocenters. The van der Waals surface area contributed by atoms with E-state index in [9.17, 15) is 14.4 Å². The van der Waals surface area contributed by atoms with Crippen molar-refractivity contribution in [2.75, 3.05) is 11.6 Å². The molecule has 0 radical (unpaired) electrons. The van der Waals surface area contributed by atoms with Gasteiger partial charge in [-0.05, 0) is 43.4 Å². The average Bonchev–Trinajstić information content (AvgIpc) is 2.64. The zero-order valence-electron chi connectivity index (χ0n) is 15.2. The first kappa shape index (κ1) is 18.2. The minimum Gasteiger partial charge on any atom is -0.352 e. The third kappa shape index (κ3) is 3.79. The first-order chi connectivity index (χ1) is 12.5. The molecule has 0 unspecified atom stereocenters. The number of nitrogens with zero attached hydrogens (tertiary/aromatic N) is 1. The lowest BCUT2D eigenvalue weighted by molar-refractivity contribution is -0.139. The van der Waals surface area contributed by atoms with Gasteiger partial charge >= 0.3 is 0 Å². The van der Waals surface area contributed by atoms with E-state index in [2.05, 4.69) is 24.6 Å². The summed E-state index contributed by atoms with van der Waals surface area (Å²) in [6.45, 7) is 4.81. The lowest BCUT2D eigenvalue weighted by Crippen LogP contribution is -2.59. The zero-order chi connectivity index (χ0) is 18.7. The van der Waals surface area contributed by atoms with Crippen molar-refractivity contribution < 1.29 is 14.4 Å². The van der Waals surface area contributed by atoms with Crippen LogP contribution in [-0.4, -0.2) is 24.3 Å². The van der Waals surface area contributed by atoms with E-state index in [1.165, 1.54) is 5.01 Å². The average molecular weight is 355 g/mol. The maximum absolute atomic E-state index is 12.8. The standard InChI is InChI=1S/C20H25N3O3/c1-13(2)10-11-21-18(24)14-6-5-7-15(12-14)23-20(26)17-9-4-3-8-16(17)19(25)22-23/h3-7,12-13,16-17H,8-11H2,1-2H3,(H,21,24)(H,22,25)/t16-,17+/m1/s1. The van der Waals surface area contributed by atoms with Gasteiger partial charge in [0.25, 0.3) is 5.91 Å². The highest BCUT2D eigenvalue weighted by Crippen LogP contribution is 2.32. The van der Waals surface area contributed by atoms with Gasteiger partial charge in [0.1, 0.15) is 0 Å². The number of anilines is 1. The van der Waals surface area contributed by atoms with Gasteiger partial charge in [0.2, 0.25) is 11.8 Å². The summed E-state index contributed by atoms with van der Waals surface area (Å²) in [5, 5.41) is 4.17. The molecular weight excluding hydrogens is 330 g/mol. The molecular formula is C20H25N3O3. The second-order valence-corrected chi connectivity index (χ2v) is 7.29. The molecule has 1 aliphatic heterocycles. The SMILES string of the molecule is CC(C)CCNC(=O)c1cccc(N2NC(=O)[C@@H]3CC=CC[C@@H]3C2=O)c1. The number of fused-ring (bicyclic) bond motifs is 1. The maximum atomic E-state index is 12.8. The molecule has 138 valence electrons. The van der Waals surface area contributed by atoms with Crippen molar-refractivity contribution in [3.05, 3.63) is 42.0 Å². The Morgan fingerprint density at radius 1 is 1.23 bits per heavy atom. The van der Waals surface area contributed by atoms with Gasteiger partial charge < -0.3 is 5.32 Å². The molecule has 3 amide bonds. The van der Waals surface area contributed by atoms with Crippen LogP contribution >= 0.6 is 0 Å². The number of hydrogen-bond acceptors (Lipinski definition) is 3. The van der Waals surface area contributed by atoms with E-state index in [0.29, 0.717) is 36.6 Å². The van der Waals surface area contributed by atoms with E-state index in [1.807, 2.05) is 12.2 Å². The van der Waals surface area contributed by atoms with Crippen molar-refractivity contribution in [1.29, 1.82) is 0 Å². The third-order valence-corrected chi connectivity index (χ3v) is 4.90. The fraction of sp³-hybridized carbons (Fsp3) is 0.450. The lowest BCUT2D eigenvalue weighted by Gasteiger charge is -2.38. The van der Waals surface area contributed by atoms with Crippen molar-refractivity contribution in [2.45, 2.75) is 33.1 Å². The molecule has 1 fully saturated rings. The van der Waals surface area contributed by atoms with Crippen molar-refractivity contribution in [3.63, 3.8) is 0 Å². The molecule has 26 heavy (non-hydrogen) atoms. The highest BCUT2D eigenvalue weighted by Gasteiger charge is 2.42. The van der Waals surface area contributed by atoms with E-state index >= 15 is 0 Å². The summed E-state index contributed by atoms with van der Waals surface area (Å²) >= 11 is 0. The van der Waals surface area contributed by atoms with Gasteiger partial charge in [0.05, 0.1) is 17.5 Å². The number of allylic oxidation sites excluding steroid dienone is 2.